The summed E-state index contributed by atoms with van der Waals surface area (Å²) in [7, 11) is 2.97. The SMILES string of the molecule is COc1cc(F)c(Cl)cc1-c1cc(C(=O)O)nn1C. The second-order valence-corrected chi connectivity index (χ2v) is 4.22. The number of carbonyl (C=O) groups is 1. The van der Waals surface area contributed by atoms with Crippen LogP contribution in [0.5, 0.6) is 5.75 Å². The Kier molecular flexibility index (Phi) is 3.44. The predicted molar refractivity (Wildman–Crippen MR) is 67.1 cm³/mol. The molecule has 0 aliphatic carbocycles. The molecule has 0 spiro atoms. The number of carboxylic acid groups (broad SMARTS) is 1. The number of aromatic nitrogens is 2. The van der Waals surface area contributed by atoms with Gasteiger partial charge in [0.15, 0.2) is 5.69 Å². The number of ether oxygens (including phenoxy) is 1. The molecule has 0 saturated heterocycles. The van der Waals surface area contributed by atoms with E-state index in [4.69, 9.17) is 21.4 Å². The highest BCUT2D eigenvalue weighted by Crippen LogP contribution is 2.34. The smallest absolute Gasteiger partial charge is 0.356 e. The van der Waals surface area contributed by atoms with E-state index < -0.39 is 11.8 Å². The van der Waals surface area contributed by atoms with Crippen LogP contribution in [0.3, 0.4) is 0 Å². The molecule has 0 aliphatic heterocycles. The van der Waals surface area contributed by atoms with E-state index in [1.54, 1.807) is 7.05 Å². The zero-order chi connectivity index (χ0) is 14.2. The Hall–Kier alpha value is -2.08. The first-order valence-electron chi connectivity index (χ1n) is 5.24. The fourth-order valence-electron chi connectivity index (χ4n) is 1.72. The minimum atomic E-state index is -1.14. The van der Waals surface area contributed by atoms with Crippen LogP contribution >= 0.6 is 11.6 Å². The van der Waals surface area contributed by atoms with Crippen LogP contribution in [-0.2, 0) is 7.05 Å². The van der Waals surface area contributed by atoms with Crippen molar-refractivity contribution >= 4 is 17.6 Å². The highest BCUT2D eigenvalue weighted by molar-refractivity contribution is 6.31. The molecule has 2 aromatic rings. The average molecular weight is 285 g/mol. The fraction of sp³-hybridized carbons (Fsp3) is 0.167. The molecule has 100 valence electrons. The highest BCUT2D eigenvalue weighted by Gasteiger charge is 2.17. The van der Waals surface area contributed by atoms with Crippen LogP contribution in [-0.4, -0.2) is 28.0 Å². The standard InChI is InChI=1S/C12H10ClFN2O3/c1-16-10(5-9(15-16)12(17)18)6-3-7(13)8(14)4-11(6)19-2/h3-5H,1-2H3,(H,17,18). The van der Waals surface area contributed by atoms with Crippen LogP contribution in [0.4, 0.5) is 4.39 Å². The predicted octanol–water partition coefficient (Wildman–Crippen LogP) is 2.59. The van der Waals surface area contributed by atoms with Gasteiger partial charge in [0.25, 0.3) is 0 Å². The maximum Gasteiger partial charge on any atom is 0.356 e. The molecule has 1 aromatic heterocycles. The number of carboxylic acids is 1. The molecular formula is C12H10ClFN2O3. The minimum Gasteiger partial charge on any atom is -0.496 e. The molecule has 5 nitrogen and oxygen atoms in total. The van der Waals surface area contributed by atoms with Gasteiger partial charge < -0.3 is 9.84 Å². The first kappa shape index (κ1) is 13.4. The second-order valence-electron chi connectivity index (χ2n) is 3.81. The van der Waals surface area contributed by atoms with Crippen molar-refractivity contribution in [2.24, 2.45) is 7.05 Å². The molecule has 0 aliphatic rings. The van der Waals surface area contributed by atoms with Gasteiger partial charge >= 0.3 is 5.97 Å². The third-order valence-corrected chi connectivity index (χ3v) is 2.91. The molecular weight excluding hydrogens is 275 g/mol. The molecule has 0 atom stereocenters. The number of methoxy groups -OCH3 is 1. The normalized spacial score (nSPS) is 10.5. The Balaban J connectivity index is 2.64. The van der Waals surface area contributed by atoms with Crippen molar-refractivity contribution in [1.82, 2.24) is 9.78 Å². The number of aromatic carboxylic acids is 1. The molecule has 0 unspecified atom stereocenters. The van der Waals surface area contributed by atoms with Gasteiger partial charge in [-0.05, 0) is 12.1 Å². The Morgan fingerprint density at radius 1 is 1.47 bits per heavy atom. The van der Waals surface area contributed by atoms with Gasteiger partial charge in [0.2, 0.25) is 0 Å². The van der Waals surface area contributed by atoms with E-state index in [2.05, 4.69) is 5.10 Å². The van der Waals surface area contributed by atoms with Gasteiger partial charge in [-0.2, -0.15) is 5.10 Å². The van der Waals surface area contributed by atoms with E-state index in [1.165, 1.54) is 23.9 Å². The van der Waals surface area contributed by atoms with E-state index >= 15 is 0 Å². The molecule has 0 amide bonds. The zero-order valence-corrected chi connectivity index (χ0v) is 10.9. The van der Waals surface area contributed by atoms with Crippen LogP contribution in [0, 0.1) is 5.82 Å². The minimum absolute atomic E-state index is 0.0751. The lowest BCUT2D eigenvalue weighted by Gasteiger charge is -2.09. The number of nitrogens with zero attached hydrogens (tertiary/aromatic N) is 2. The first-order valence-corrected chi connectivity index (χ1v) is 5.62. The Morgan fingerprint density at radius 3 is 2.68 bits per heavy atom. The highest BCUT2D eigenvalue weighted by atomic mass is 35.5. The lowest BCUT2D eigenvalue weighted by molar-refractivity contribution is 0.0689. The summed E-state index contributed by atoms with van der Waals surface area (Å²) in [5.74, 6) is -1.50. The summed E-state index contributed by atoms with van der Waals surface area (Å²) in [6, 6.07) is 3.89. The number of hydrogen-bond donors (Lipinski definition) is 1. The Bertz CT molecular complexity index is 655. The molecule has 1 aromatic carbocycles. The van der Waals surface area contributed by atoms with Crippen LogP contribution in [0.2, 0.25) is 5.02 Å². The lowest BCUT2D eigenvalue weighted by Crippen LogP contribution is -1.99. The van der Waals surface area contributed by atoms with Crippen molar-refractivity contribution in [2.45, 2.75) is 0 Å². The van der Waals surface area contributed by atoms with Gasteiger partial charge in [-0.1, -0.05) is 11.6 Å². The maximum atomic E-state index is 13.4. The van der Waals surface area contributed by atoms with Crippen LogP contribution in [0.15, 0.2) is 18.2 Å². The molecule has 0 bridgehead atoms. The summed E-state index contributed by atoms with van der Waals surface area (Å²) in [5, 5.41) is 12.7. The second kappa shape index (κ2) is 4.89. The van der Waals surface area contributed by atoms with Crippen molar-refractivity contribution in [3.8, 4) is 17.0 Å². The van der Waals surface area contributed by atoms with Crippen molar-refractivity contribution in [3.63, 3.8) is 0 Å². The van der Waals surface area contributed by atoms with Gasteiger partial charge in [-0.15, -0.1) is 0 Å². The van der Waals surface area contributed by atoms with Gasteiger partial charge in [0.05, 0.1) is 17.8 Å². The number of aryl methyl sites for hydroxylation is 1. The monoisotopic (exact) mass is 284 g/mol. The third-order valence-electron chi connectivity index (χ3n) is 2.62. The quantitative estimate of drug-likeness (QED) is 0.941. The zero-order valence-electron chi connectivity index (χ0n) is 10.1. The first-order chi connectivity index (χ1) is 8.93. The summed E-state index contributed by atoms with van der Waals surface area (Å²) in [6.07, 6.45) is 0. The molecule has 2 rings (SSSR count). The van der Waals surface area contributed by atoms with Gasteiger partial charge in [-0.3, -0.25) is 4.68 Å². The van der Waals surface area contributed by atoms with Crippen molar-refractivity contribution in [1.29, 1.82) is 0 Å². The molecule has 0 saturated carbocycles. The van der Waals surface area contributed by atoms with Crippen molar-refractivity contribution < 1.29 is 19.0 Å². The van der Waals surface area contributed by atoms with Crippen LogP contribution < -0.4 is 4.74 Å². The summed E-state index contributed by atoms with van der Waals surface area (Å²) in [4.78, 5) is 10.9. The van der Waals surface area contributed by atoms with E-state index in [0.717, 1.165) is 6.07 Å². The van der Waals surface area contributed by atoms with Crippen LogP contribution in [0.1, 0.15) is 10.5 Å². The Labute approximate surface area is 113 Å². The van der Waals surface area contributed by atoms with Gasteiger partial charge in [0.1, 0.15) is 11.6 Å². The molecule has 1 N–H and O–H groups in total. The van der Waals surface area contributed by atoms with E-state index in [0.29, 0.717) is 11.3 Å². The molecule has 19 heavy (non-hydrogen) atoms. The lowest BCUT2D eigenvalue weighted by atomic mass is 10.1. The number of hydrogen-bond acceptors (Lipinski definition) is 3. The van der Waals surface area contributed by atoms with Gasteiger partial charge in [-0.25, -0.2) is 9.18 Å². The maximum absolute atomic E-state index is 13.4. The Morgan fingerprint density at radius 2 is 2.16 bits per heavy atom. The number of benzene rings is 1. The van der Waals surface area contributed by atoms with Gasteiger partial charge in [0, 0.05) is 18.7 Å². The molecule has 1 heterocycles. The third kappa shape index (κ3) is 2.39. The number of rotatable bonds is 3. The summed E-state index contributed by atoms with van der Waals surface area (Å²) >= 11 is 5.74. The summed E-state index contributed by atoms with van der Waals surface area (Å²) in [5.41, 5.74) is 0.826. The molecule has 7 heteroatoms. The molecule has 0 radical (unpaired) electrons. The number of halogens is 2. The largest absolute Gasteiger partial charge is 0.496 e. The molecule has 0 fully saturated rings. The van der Waals surface area contributed by atoms with Crippen LogP contribution in [0.25, 0.3) is 11.3 Å². The van der Waals surface area contributed by atoms with E-state index in [1.807, 2.05) is 0 Å². The summed E-state index contributed by atoms with van der Waals surface area (Å²) in [6.45, 7) is 0. The summed E-state index contributed by atoms with van der Waals surface area (Å²) < 4.78 is 19.8. The van der Waals surface area contributed by atoms with Crippen molar-refractivity contribution in [2.75, 3.05) is 7.11 Å². The van der Waals surface area contributed by atoms with E-state index in [-0.39, 0.29) is 16.5 Å². The van der Waals surface area contributed by atoms with Crippen molar-refractivity contribution in [3.05, 3.63) is 34.7 Å². The van der Waals surface area contributed by atoms with E-state index in [9.17, 15) is 9.18 Å². The fourth-order valence-corrected chi connectivity index (χ4v) is 1.89. The average Bonchev–Trinajstić information content (AvgIpc) is 2.74. The topological polar surface area (TPSA) is 64.3 Å².